The molecule has 0 heterocycles. The van der Waals surface area contributed by atoms with Gasteiger partial charge in [0.1, 0.15) is 11.9 Å². The van der Waals surface area contributed by atoms with Crippen molar-refractivity contribution in [1.82, 2.24) is 0 Å². The zero-order chi connectivity index (χ0) is 17.8. The maximum absolute atomic E-state index is 13.4. The molecule has 0 aromatic carbocycles. The Balaban J connectivity index is 1.76. The fourth-order valence-electron chi connectivity index (χ4n) is 5.27. The monoisotopic (exact) mass is 365 g/mol. The van der Waals surface area contributed by atoms with Gasteiger partial charge in [-0.25, -0.2) is 13.2 Å². The van der Waals surface area contributed by atoms with Gasteiger partial charge in [-0.1, -0.05) is 0 Å². The molecule has 4 fully saturated rings. The van der Waals surface area contributed by atoms with Crippen molar-refractivity contribution < 1.29 is 36.1 Å². The summed E-state index contributed by atoms with van der Waals surface area (Å²) in [5.74, 6) is -1.34. The lowest BCUT2D eigenvalue weighted by Crippen LogP contribution is -2.58. The van der Waals surface area contributed by atoms with E-state index in [1.165, 1.54) is 0 Å². The van der Waals surface area contributed by atoms with E-state index in [1.54, 1.807) is 0 Å². The van der Waals surface area contributed by atoms with Crippen LogP contribution in [0.2, 0.25) is 0 Å². The van der Waals surface area contributed by atoms with Crippen LogP contribution in [-0.2, 0) is 24.4 Å². The molecule has 0 N–H and O–H groups in total. The normalized spacial score (nSPS) is 38.1. The van der Waals surface area contributed by atoms with Crippen LogP contribution >= 0.6 is 0 Å². The van der Waals surface area contributed by atoms with Gasteiger partial charge < -0.3 is 14.1 Å². The Bertz CT molecular complexity index is 630. The number of aldehydes is 1. The van der Waals surface area contributed by atoms with E-state index in [0.717, 1.165) is 25.5 Å². The van der Waals surface area contributed by atoms with Crippen LogP contribution in [0.15, 0.2) is 0 Å². The van der Waals surface area contributed by atoms with Crippen LogP contribution in [0.25, 0.3) is 0 Å². The molecule has 4 aliphatic rings. The summed E-state index contributed by atoms with van der Waals surface area (Å²) < 4.78 is 63.7. The van der Waals surface area contributed by atoms with Gasteiger partial charge in [0.2, 0.25) is 0 Å². The second-order valence-electron chi connectivity index (χ2n) is 7.42. The maximum Gasteiger partial charge on any atom is 0.428 e. The highest BCUT2D eigenvalue weighted by Gasteiger charge is 2.59. The van der Waals surface area contributed by atoms with E-state index in [0.29, 0.717) is 31.6 Å². The third-order valence-corrected chi connectivity index (χ3v) is 6.69. The molecule has 0 amide bonds. The Kier molecular flexibility index (Phi) is 4.23. The number of ether oxygens (including phenoxy) is 1. The molecule has 0 saturated heterocycles. The molecule has 0 aliphatic heterocycles. The molecule has 136 valence electrons. The van der Waals surface area contributed by atoms with E-state index < -0.39 is 26.9 Å². The third-order valence-electron chi connectivity index (χ3n) is 5.89. The van der Waals surface area contributed by atoms with E-state index in [4.69, 9.17) is 4.74 Å². The topological polar surface area (TPSA) is 101 Å². The molecule has 6 nitrogen and oxygen atoms in total. The number of carbonyl (C=O) groups is 2. The summed E-state index contributed by atoms with van der Waals surface area (Å²) in [4.78, 5) is 22.3. The smallest absolute Gasteiger partial charge is 0.428 e. The van der Waals surface area contributed by atoms with Crippen molar-refractivity contribution >= 4 is 22.4 Å². The van der Waals surface area contributed by atoms with Gasteiger partial charge in [-0.05, 0) is 62.2 Å². The fourth-order valence-corrected chi connectivity index (χ4v) is 5.52. The first-order valence-electron chi connectivity index (χ1n) is 8.08. The third kappa shape index (κ3) is 2.85. The van der Waals surface area contributed by atoms with Gasteiger partial charge in [-0.2, -0.15) is 8.78 Å². The van der Waals surface area contributed by atoms with Crippen LogP contribution in [0, 0.1) is 23.7 Å². The second kappa shape index (κ2) is 5.72. The van der Waals surface area contributed by atoms with E-state index in [9.17, 15) is 31.3 Å². The van der Waals surface area contributed by atoms with Crippen molar-refractivity contribution in [2.75, 3.05) is 0 Å². The number of halogens is 2. The predicted molar refractivity (Wildman–Crippen MR) is 75.8 cm³/mol. The van der Waals surface area contributed by atoms with Gasteiger partial charge in [0.15, 0.2) is 10.1 Å². The van der Waals surface area contributed by atoms with Crippen LogP contribution in [-0.4, -0.2) is 36.1 Å². The Morgan fingerprint density at radius 1 is 1.25 bits per heavy atom. The minimum Gasteiger partial charge on any atom is -0.743 e. The maximum atomic E-state index is 13.4. The lowest BCUT2D eigenvalue weighted by molar-refractivity contribution is -0.209. The van der Waals surface area contributed by atoms with Gasteiger partial charge >= 0.3 is 11.2 Å². The summed E-state index contributed by atoms with van der Waals surface area (Å²) in [7, 11) is -6.10. The summed E-state index contributed by atoms with van der Waals surface area (Å²) in [5, 5.41) is -5.06. The van der Waals surface area contributed by atoms with E-state index in [2.05, 4.69) is 0 Å². The van der Waals surface area contributed by atoms with Crippen LogP contribution in [0.3, 0.4) is 0 Å². The van der Waals surface area contributed by atoms with Crippen molar-refractivity contribution in [2.45, 2.75) is 55.8 Å². The summed E-state index contributed by atoms with van der Waals surface area (Å²) in [6, 6.07) is 0. The minimum atomic E-state index is -6.10. The van der Waals surface area contributed by atoms with E-state index >= 15 is 0 Å². The average molecular weight is 365 g/mol. The van der Waals surface area contributed by atoms with E-state index in [-0.39, 0.29) is 17.8 Å². The average Bonchev–Trinajstić information content (AvgIpc) is 2.44. The molecule has 0 radical (unpaired) electrons. The van der Waals surface area contributed by atoms with Crippen molar-refractivity contribution in [3.63, 3.8) is 0 Å². The highest BCUT2D eigenvalue weighted by molar-refractivity contribution is 7.87. The fraction of sp³-hybridized carbons (Fsp3) is 0.867. The van der Waals surface area contributed by atoms with Gasteiger partial charge in [0, 0.05) is 6.42 Å². The number of carbonyl (C=O) groups excluding carboxylic acids is 2. The molecular formula is C15H19F2O6S-. The van der Waals surface area contributed by atoms with Crippen LogP contribution < -0.4 is 0 Å². The van der Waals surface area contributed by atoms with Crippen molar-refractivity contribution in [3.05, 3.63) is 0 Å². The molecule has 2 unspecified atom stereocenters. The first-order chi connectivity index (χ1) is 11.1. The van der Waals surface area contributed by atoms with Crippen molar-refractivity contribution in [3.8, 4) is 0 Å². The number of hydrogen-bond donors (Lipinski definition) is 0. The highest BCUT2D eigenvalue weighted by atomic mass is 32.2. The highest BCUT2D eigenvalue weighted by Crippen LogP contribution is 2.60. The SMILES string of the molecule is O=CCCC1C2CC3CC1CC(OC(=O)C(F)(F)S(=O)(=O)[O-])(C3)C2. The Hall–Kier alpha value is -1.09. The first-order valence-corrected chi connectivity index (χ1v) is 9.49. The molecule has 4 saturated carbocycles. The molecule has 4 aliphatic carbocycles. The molecule has 4 bridgehead atoms. The number of alkyl halides is 2. The Morgan fingerprint density at radius 2 is 1.83 bits per heavy atom. The van der Waals surface area contributed by atoms with Crippen molar-refractivity contribution in [1.29, 1.82) is 0 Å². The summed E-state index contributed by atoms with van der Waals surface area (Å²) >= 11 is 0. The Morgan fingerprint density at radius 3 is 2.33 bits per heavy atom. The van der Waals surface area contributed by atoms with Crippen LogP contribution in [0.5, 0.6) is 0 Å². The quantitative estimate of drug-likeness (QED) is 0.404. The molecule has 4 rings (SSSR count). The number of esters is 1. The summed E-state index contributed by atoms with van der Waals surface area (Å²) in [6.07, 6.45) is 5.09. The summed E-state index contributed by atoms with van der Waals surface area (Å²) in [6.45, 7) is 0. The first kappa shape index (κ1) is 17.7. The Labute approximate surface area is 138 Å². The van der Waals surface area contributed by atoms with Crippen LogP contribution in [0.4, 0.5) is 8.78 Å². The molecular weight excluding hydrogens is 346 g/mol. The molecule has 24 heavy (non-hydrogen) atoms. The molecule has 0 aromatic rings. The molecule has 0 spiro atoms. The van der Waals surface area contributed by atoms with Gasteiger partial charge in [0.25, 0.3) is 0 Å². The standard InChI is InChI=1S/C15H20F2O6S/c16-15(17,24(20,21)22)13(19)23-14-6-9-4-10(7-14)12(2-1-3-18)11(5-9)8-14/h3,9-12H,1-2,4-8H2,(H,20,21,22)/p-1. The minimum absolute atomic E-state index is 0.182. The van der Waals surface area contributed by atoms with Gasteiger partial charge in [-0.15, -0.1) is 0 Å². The zero-order valence-electron chi connectivity index (χ0n) is 13.0. The summed E-state index contributed by atoms with van der Waals surface area (Å²) in [5.41, 5.74) is -1.10. The molecule has 0 aromatic heterocycles. The van der Waals surface area contributed by atoms with Crippen LogP contribution in [0.1, 0.15) is 44.9 Å². The van der Waals surface area contributed by atoms with Crippen molar-refractivity contribution in [2.24, 2.45) is 23.7 Å². The largest absolute Gasteiger partial charge is 0.743 e. The number of rotatable bonds is 6. The second-order valence-corrected chi connectivity index (χ2v) is 8.84. The molecule has 9 heteroatoms. The van der Waals surface area contributed by atoms with Gasteiger partial charge in [0.05, 0.1) is 0 Å². The predicted octanol–water partition coefficient (Wildman–Crippen LogP) is 1.84. The lowest BCUT2D eigenvalue weighted by atomic mass is 9.49. The lowest BCUT2D eigenvalue weighted by Gasteiger charge is -2.59. The van der Waals surface area contributed by atoms with E-state index in [1.807, 2.05) is 0 Å². The molecule has 2 atom stereocenters. The zero-order valence-corrected chi connectivity index (χ0v) is 13.8. The van der Waals surface area contributed by atoms with Gasteiger partial charge in [-0.3, -0.25) is 0 Å². The number of hydrogen-bond acceptors (Lipinski definition) is 6.